The molecule has 1 aliphatic rings. The smallest absolute Gasteiger partial charge is 0.289 e. The number of carbonyl (C=O) groups is 1. The minimum atomic E-state index is -3.20. The van der Waals surface area contributed by atoms with Gasteiger partial charge in [-0.25, -0.2) is 4.39 Å². The van der Waals surface area contributed by atoms with Crippen molar-refractivity contribution in [3.63, 3.8) is 0 Å². The van der Waals surface area contributed by atoms with Gasteiger partial charge >= 0.3 is 6.61 Å². The molecule has 0 heterocycles. The van der Waals surface area contributed by atoms with E-state index < -0.39 is 18.9 Å². The molecule has 5 heteroatoms. The summed E-state index contributed by atoms with van der Waals surface area (Å²) in [6, 6.07) is 8.49. The van der Waals surface area contributed by atoms with Crippen LogP contribution >= 0.6 is 0 Å². The van der Waals surface area contributed by atoms with Crippen LogP contribution in [-0.4, -0.2) is 18.2 Å². The summed E-state index contributed by atoms with van der Waals surface area (Å²) in [5.41, 5.74) is 1.03. The van der Waals surface area contributed by atoms with E-state index in [2.05, 4.69) is 11.3 Å². The van der Waals surface area contributed by atoms with Gasteiger partial charge in [0.25, 0.3) is 0 Å². The molecule has 0 aromatic heterocycles. The highest BCUT2D eigenvalue weighted by molar-refractivity contribution is 6.11. The van der Waals surface area contributed by atoms with Gasteiger partial charge in [-0.2, -0.15) is 8.78 Å². The molecule has 0 bridgehead atoms. The van der Waals surface area contributed by atoms with Crippen LogP contribution in [0.4, 0.5) is 13.2 Å². The summed E-state index contributed by atoms with van der Waals surface area (Å²) in [4.78, 5) is 12.2. The van der Waals surface area contributed by atoms with Crippen LogP contribution in [0.3, 0.4) is 0 Å². The zero-order valence-corrected chi connectivity index (χ0v) is 11.1. The van der Waals surface area contributed by atoms with Crippen LogP contribution in [0.2, 0.25) is 0 Å². The van der Waals surface area contributed by atoms with Crippen LogP contribution in [-0.2, 0) is 4.74 Å². The summed E-state index contributed by atoms with van der Waals surface area (Å²) >= 11 is 0. The predicted molar refractivity (Wildman–Crippen MR) is 72.7 cm³/mol. The lowest BCUT2D eigenvalue weighted by molar-refractivity contribution is -0.236. The fourth-order valence-electron chi connectivity index (χ4n) is 1.95. The normalized spacial score (nSPS) is 21.2. The highest BCUT2D eigenvalue weighted by atomic mass is 19.3. The number of halogens is 3. The molecule has 1 aromatic rings. The first-order valence-corrected chi connectivity index (χ1v) is 6.24. The van der Waals surface area contributed by atoms with E-state index in [-0.39, 0.29) is 11.4 Å². The average Bonchev–Trinajstić information content (AvgIpc) is 2.46. The molecule has 0 aliphatic heterocycles. The van der Waals surface area contributed by atoms with Crippen molar-refractivity contribution in [1.82, 2.24) is 0 Å². The van der Waals surface area contributed by atoms with Gasteiger partial charge in [-0.15, -0.1) is 0 Å². The SMILES string of the molecule is C=C(C(=O)c1ccccc1)C1=CCC(F)(OC(F)F)C=C1. The number of allylic oxidation sites excluding steroid dienone is 3. The Morgan fingerprint density at radius 1 is 1.29 bits per heavy atom. The third-order valence-electron chi connectivity index (χ3n) is 3.06. The lowest BCUT2D eigenvalue weighted by Crippen LogP contribution is -2.28. The molecular formula is C16H13F3O2. The van der Waals surface area contributed by atoms with Crippen LogP contribution in [0.5, 0.6) is 0 Å². The zero-order chi connectivity index (χ0) is 15.5. The molecule has 0 spiro atoms. The summed E-state index contributed by atoms with van der Waals surface area (Å²) < 4.78 is 41.9. The van der Waals surface area contributed by atoms with Gasteiger partial charge in [0.2, 0.25) is 5.85 Å². The van der Waals surface area contributed by atoms with Crippen molar-refractivity contribution in [2.45, 2.75) is 18.9 Å². The maximum absolute atomic E-state index is 13.8. The average molecular weight is 294 g/mol. The van der Waals surface area contributed by atoms with E-state index in [1.165, 1.54) is 12.2 Å². The van der Waals surface area contributed by atoms with Gasteiger partial charge in [0, 0.05) is 17.6 Å². The molecule has 110 valence electrons. The number of carbonyl (C=O) groups excluding carboxylic acids is 1. The van der Waals surface area contributed by atoms with Crippen LogP contribution < -0.4 is 0 Å². The summed E-state index contributed by atoms with van der Waals surface area (Å²) in [5, 5.41) is 0. The number of rotatable bonds is 5. The molecule has 0 saturated heterocycles. The van der Waals surface area contributed by atoms with Gasteiger partial charge in [0.1, 0.15) is 0 Å². The molecule has 1 unspecified atom stereocenters. The number of ether oxygens (including phenoxy) is 1. The van der Waals surface area contributed by atoms with Crippen molar-refractivity contribution >= 4 is 5.78 Å². The minimum Gasteiger partial charge on any atom is -0.289 e. The lowest BCUT2D eigenvalue weighted by Gasteiger charge is -2.23. The third kappa shape index (κ3) is 3.70. The zero-order valence-electron chi connectivity index (χ0n) is 11.1. The first-order valence-electron chi connectivity index (χ1n) is 6.24. The van der Waals surface area contributed by atoms with E-state index in [0.29, 0.717) is 11.1 Å². The quantitative estimate of drug-likeness (QED) is 0.600. The summed E-state index contributed by atoms with van der Waals surface area (Å²) in [6.07, 6.45) is 3.03. The molecule has 2 nitrogen and oxygen atoms in total. The molecule has 0 N–H and O–H groups in total. The monoisotopic (exact) mass is 294 g/mol. The number of benzene rings is 1. The summed E-state index contributed by atoms with van der Waals surface area (Å²) in [6.45, 7) is 0.478. The Hall–Kier alpha value is -2.14. The molecule has 1 aromatic carbocycles. The number of ketones is 1. The largest absolute Gasteiger partial charge is 0.348 e. The second-order valence-corrected chi connectivity index (χ2v) is 4.54. The van der Waals surface area contributed by atoms with E-state index in [4.69, 9.17) is 0 Å². The maximum atomic E-state index is 13.8. The Bertz CT molecular complexity index is 605. The van der Waals surface area contributed by atoms with Crippen molar-refractivity contribution in [3.05, 3.63) is 71.8 Å². The van der Waals surface area contributed by atoms with Crippen molar-refractivity contribution < 1.29 is 22.7 Å². The summed E-state index contributed by atoms with van der Waals surface area (Å²) in [7, 11) is 0. The van der Waals surface area contributed by atoms with E-state index in [9.17, 15) is 18.0 Å². The number of hydrogen-bond acceptors (Lipinski definition) is 2. The van der Waals surface area contributed by atoms with E-state index in [1.54, 1.807) is 30.3 Å². The molecule has 0 radical (unpaired) electrons. The molecule has 0 fully saturated rings. The van der Waals surface area contributed by atoms with Gasteiger partial charge in [-0.05, 0) is 11.6 Å². The van der Waals surface area contributed by atoms with Crippen LogP contribution in [0.1, 0.15) is 16.8 Å². The number of Topliss-reactive ketones (excluding diaryl/α,β-unsaturated/α-hetero) is 1. The van der Waals surface area contributed by atoms with Gasteiger partial charge in [0.15, 0.2) is 5.78 Å². The van der Waals surface area contributed by atoms with Crippen LogP contribution in [0.15, 0.2) is 66.3 Å². The Balaban J connectivity index is 2.10. The fourth-order valence-corrected chi connectivity index (χ4v) is 1.95. The fraction of sp³-hybridized carbons (Fsp3) is 0.188. The molecule has 2 rings (SSSR count). The van der Waals surface area contributed by atoms with Gasteiger partial charge in [0.05, 0.1) is 0 Å². The van der Waals surface area contributed by atoms with Crippen molar-refractivity contribution in [2.24, 2.45) is 0 Å². The lowest BCUT2D eigenvalue weighted by atomic mass is 9.93. The first-order chi connectivity index (χ1) is 9.91. The third-order valence-corrected chi connectivity index (χ3v) is 3.06. The van der Waals surface area contributed by atoms with Gasteiger partial charge in [-0.3, -0.25) is 9.53 Å². The molecule has 1 atom stereocenters. The standard InChI is InChI=1S/C16H13F3O2/c1-11(14(20)13-5-3-2-4-6-13)12-7-9-16(19,10-8-12)21-15(17)18/h2-9,15H,1,10H2. The Morgan fingerprint density at radius 2 is 1.95 bits per heavy atom. The summed E-state index contributed by atoms with van der Waals surface area (Å²) in [5.74, 6) is -2.85. The maximum Gasteiger partial charge on any atom is 0.348 e. The van der Waals surface area contributed by atoms with Gasteiger partial charge < -0.3 is 0 Å². The van der Waals surface area contributed by atoms with Crippen LogP contribution in [0.25, 0.3) is 0 Å². The number of alkyl halides is 3. The second kappa shape index (κ2) is 6.10. The highest BCUT2D eigenvalue weighted by Gasteiger charge is 2.33. The Kier molecular flexibility index (Phi) is 4.43. The second-order valence-electron chi connectivity index (χ2n) is 4.54. The Morgan fingerprint density at radius 3 is 2.48 bits per heavy atom. The Labute approximate surface area is 120 Å². The van der Waals surface area contributed by atoms with Crippen molar-refractivity contribution in [3.8, 4) is 0 Å². The van der Waals surface area contributed by atoms with Crippen molar-refractivity contribution in [2.75, 3.05) is 0 Å². The minimum absolute atomic E-state index is 0.177. The molecule has 0 saturated carbocycles. The molecular weight excluding hydrogens is 281 g/mol. The van der Waals surface area contributed by atoms with Crippen LogP contribution in [0, 0.1) is 0 Å². The topological polar surface area (TPSA) is 26.3 Å². The van der Waals surface area contributed by atoms with Gasteiger partial charge in [-0.1, -0.05) is 49.1 Å². The highest BCUT2D eigenvalue weighted by Crippen LogP contribution is 2.31. The van der Waals surface area contributed by atoms with E-state index in [0.717, 1.165) is 6.08 Å². The predicted octanol–water partition coefficient (Wildman–Crippen LogP) is 4.22. The molecule has 0 amide bonds. The van der Waals surface area contributed by atoms with E-state index in [1.807, 2.05) is 0 Å². The van der Waals surface area contributed by atoms with E-state index >= 15 is 0 Å². The number of hydrogen-bond donors (Lipinski definition) is 0. The molecule has 1 aliphatic carbocycles. The first kappa shape index (κ1) is 15.3. The molecule has 21 heavy (non-hydrogen) atoms. The van der Waals surface area contributed by atoms with Crippen molar-refractivity contribution in [1.29, 1.82) is 0 Å².